The Morgan fingerprint density at radius 3 is 2.04 bits per heavy atom. The zero-order valence-electron chi connectivity index (χ0n) is 13.5. The standard InChI is InChI=1S/C19H21ClO3/c1-3-11-22-17-10-7-15(13-18(17)23-12-4-2)19(21)14-5-8-16(20)9-6-14/h5-10,13H,3-4,11-12H2,1-2H3. The highest BCUT2D eigenvalue weighted by Crippen LogP contribution is 2.30. The monoisotopic (exact) mass is 332 g/mol. The molecule has 2 rings (SSSR count). The summed E-state index contributed by atoms with van der Waals surface area (Å²) in [6.45, 7) is 5.29. The van der Waals surface area contributed by atoms with Gasteiger partial charge in [-0.25, -0.2) is 0 Å². The smallest absolute Gasteiger partial charge is 0.193 e. The predicted octanol–water partition coefficient (Wildman–Crippen LogP) is 5.15. The Hall–Kier alpha value is -2.00. The first-order valence-electron chi connectivity index (χ1n) is 7.85. The first kappa shape index (κ1) is 17.4. The maximum absolute atomic E-state index is 12.6. The Balaban J connectivity index is 2.27. The lowest BCUT2D eigenvalue weighted by atomic mass is 10.0. The maximum atomic E-state index is 12.6. The lowest BCUT2D eigenvalue weighted by molar-refractivity contribution is 0.103. The fourth-order valence-electron chi connectivity index (χ4n) is 2.07. The van der Waals surface area contributed by atoms with Crippen LogP contribution in [0.3, 0.4) is 0 Å². The maximum Gasteiger partial charge on any atom is 0.193 e. The van der Waals surface area contributed by atoms with Crippen molar-refractivity contribution in [1.29, 1.82) is 0 Å². The molecule has 23 heavy (non-hydrogen) atoms. The molecule has 2 aromatic rings. The Labute approximate surface area is 142 Å². The minimum atomic E-state index is -0.0648. The summed E-state index contributed by atoms with van der Waals surface area (Å²) < 4.78 is 11.4. The second kappa shape index (κ2) is 8.59. The van der Waals surface area contributed by atoms with Crippen molar-refractivity contribution in [3.05, 3.63) is 58.6 Å². The number of hydrogen-bond acceptors (Lipinski definition) is 3. The number of carbonyl (C=O) groups excluding carboxylic acids is 1. The summed E-state index contributed by atoms with van der Waals surface area (Å²) in [6.07, 6.45) is 1.81. The van der Waals surface area contributed by atoms with Crippen LogP contribution in [-0.4, -0.2) is 19.0 Å². The summed E-state index contributed by atoms with van der Waals surface area (Å²) >= 11 is 5.87. The number of carbonyl (C=O) groups is 1. The van der Waals surface area contributed by atoms with E-state index in [1.54, 1.807) is 42.5 Å². The molecule has 0 aliphatic rings. The van der Waals surface area contributed by atoms with Gasteiger partial charge in [0.2, 0.25) is 0 Å². The molecule has 0 bridgehead atoms. The second-order valence-electron chi connectivity index (χ2n) is 5.19. The van der Waals surface area contributed by atoms with Crippen LogP contribution in [0, 0.1) is 0 Å². The number of ether oxygens (including phenoxy) is 2. The summed E-state index contributed by atoms with van der Waals surface area (Å²) in [5.74, 6) is 1.22. The van der Waals surface area contributed by atoms with Gasteiger partial charge in [-0.1, -0.05) is 25.4 Å². The van der Waals surface area contributed by atoms with Crippen molar-refractivity contribution in [1.82, 2.24) is 0 Å². The highest BCUT2D eigenvalue weighted by atomic mass is 35.5. The predicted molar refractivity (Wildman–Crippen MR) is 92.9 cm³/mol. The van der Waals surface area contributed by atoms with Crippen LogP contribution < -0.4 is 9.47 Å². The summed E-state index contributed by atoms with van der Waals surface area (Å²) in [5.41, 5.74) is 1.17. The second-order valence-corrected chi connectivity index (χ2v) is 5.63. The van der Waals surface area contributed by atoms with Crippen molar-refractivity contribution in [2.75, 3.05) is 13.2 Å². The van der Waals surface area contributed by atoms with E-state index in [2.05, 4.69) is 0 Å². The van der Waals surface area contributed by atoms with Crippen LogP contribution in [0.15, 0.2) is 42.5 Å². The number of halogens is 1. The van der Waals surface area contributed by atoms with Crippen LogP contribution in [0.25, 0.3) is 0 Å². The van der Waals surface area contributed by atoms with Gasteiger partial charge in [0.05, 0.1) is 13.2 Å². The Morgan fingerprint density at radius 1 is 0.870 bits per heavy atom. The Bertz CT molecular complexity index is 650. The minimum Gasteiger partial charge on any atom is -0.490 e. The van der Waals surface area contributed by atoms with Crippen LogP contribution in [0.2, 0.25) is 5.02 Å². The molecule has 0 radical (unpaired) electrons. The molecule has 0 aliphatic heterocycles. The van der Waals surface area contributed by atoms with Gasteiger partial charge < -0.3 is 9.47 Å². The third-order valence-corrected chi connectivity index (χ3v) is 3.49. The molecule has 122 valence electrons. The third kappa shape index (κ3) is 4.73. The van der Waals surface area contributed by atoms with E-state index in [1.807, 2.05) is 13.8 Å². The SMILES string of the molecule is CCCOc1ccc(C(=O)c2ccc(Cl)cc2)cc1OCCC. The quantitative estimate of drug-likeness (QED) is 0.627. The van der Waals surface area contributed by atoms with Crippen molar-refractivity contribution in [3.63, 3.8) is 0 Å². The Morgan fingerprint density at radius 2 is 1.43 bits per heavy atom. The molecular formula is C19H21ClO3. The molecule has 0 atom stereocenters. The van der Waals surface area contributed by atoms with E-state index in [0.29, 0.717) is 40.9 Å². The number of benzene rings is 2. The fourth-order valence-corrected chi connectivity index (χ4v) is 2.20. The molecule has 0 aromatic heterocycles. The molecule has 4 heteroatoms. The number of rotatable bonds is 8. The first-order valence-corrected chi connectivity index (χ1v) is 8.23. The highest BCUT2D eigenvalue weighted by molar-refractivity contribution is 6.30. The average Bonchev–Trinajstić information content (AvgIpc) is 2.58. The molecule has 0 heterocycles. The van der Waals surface area contributed by atoms with Crippen molar-refractivity contribution in [3.8, 4) is 11.5 Å². The molecule has 0 spiro atoms. The minimum absolute atomic E-state index is 0.0648. The average molecular weight is 333 g/mol. The number of ketones is 1. The summed E-state index contributed by atoms with van der Waals surface area (Å²) in [7, 11) is 0. The zero-order valence-corrected chi connectivity index (χ0v) is 14.2. The van der Waals surface area contributed by atoms with Crippen molar-refractivity contribution < 1.29 is 14.3 Å². The van der Waals surface area contributed by atoms with E-state index in [1.165, 1.54) is 0 Å². The van der Waals surface area contributed by atoms with Gasteiger partial charge in [0.15, 0.2) is 17.3 Å². The summed E-state index contributed by atoms with van der Waals surface area (Å²) in [5, 5.41) is 0.608. The Kier molecular flexibility index (Phi) is 6.48. The third-order valence-electron chi connectivity index (χ3n) is 3.24. The van der Waals surface area contributed by atoms with Gasteiger partial charge in [-0.3, -0.25) is 4.79 Å². The van der Waals surface area contributed by atoms with Crippen molar-refractivity contribution >= 4 is 17.4 Å². The zero-order chi connectivity index (χ0) is 16.7. The van der Waals surface area contributed by atoms with Crippen LogP contribution in [0.4, 0.5) is 0 Å². The molecular weight excluding hydrogens is 312 g/mol. The van der Waals surface area contributed by atoms with Crippen LogP contribution in [0.5, 0.6) is 11.5 Å². The van der Waals surface area contributed by atoms with Crippen LogP contribution in [-0.2, 0) is 0 Å². The molecule has 0 unspecified atom stereocenters. The lowest BCUT2D eigenvalue weighted by Crippen LogP contribution is -2.05. The van der Waals surface area contributed by atoms with E-state index >= 15 is 0 Å². The number of hydrogen-bond donors (Lipinski definition) is 0. The van der Waals surface area contributed by atoms with Gasteiger partial charge in [-0.15, -0.1) is 0 Å². The summed E-state index contributed by atoms with van der Waals surface area (Å²) in [6, 6.07) is 12.2. The van der Waals surface area contributed by atoms with E-state index in [9.17, 15) is 4.79 Å². The molecule has 2 aromatic carbocycles. The molecule has 0 N–H and O–H groups in total. The molecule has 0 saturated heterocycles. The largest absolute Gasteiger partial charge is 0.490 e. The van der Waals surface area contributed by atoms with Gasteiger partial charge in [-0.05, 0) is 55.3 Å². The van der Waals surface area contributed by atoms with Crippen molar-refractivity contribution in [2.24, 2.45) is 0 Å². The molecule has 0 aliphatic carbocycles. The van der Waals surface area contributed by atoms with E-state index in [0.717, 1.165) is 12.8 Å². The molecule has 0 saturated carbocycles. The van der Waals surface area contributed by atoms with E-state index in [4.69, 9.17) is 21.1 Å². The van der Waals surface area contributed by atoms with Crippen molar-refractivity contribution in [2.45, 2.75) is 26.7 Å². The van der Waals surface area contributed by atoms with Crippen LogP contribution >= 0.6 is 11.6 Å². The molecule has 0 fully saturated rings. The van der Waals surface area contributed by atoms with Gasteiger partial charge >= 0.3 is 0 Å². The topological polar surface area (TPSA) is 35.5 Å². The van der Waals surface area contributed by atoms with E-state index in [-0.39, 0.29) is 5.78 Å². The highest BCUT2D eigenvalue weighted by Gasteiger charge is 2.13. The van der Waals surface area contributed by atoms with Gasteiger partial charge in [0.25, 0.3) is 0 Å². The normalized spacial score (nSPS) is 10.4. The van der Waals surface area contributed by atoms with Gasteiger partial charge in [0, 0.05) is 16.1 Å². The fraction of sp³-hybridized carbons (Fsp3) is 0.316. The van der Waals surface area contributed by atoms with E-state index < -0.39 is 0 Å². The molecule has 3 nitrogen and oxygen atoms in total. The van der Waals surface area contributed by atoms with Gasteiger partial charge in [0.1, 0.15) is 0 Å². The lowest BCUT2D eigenvalue weighted by Gasteiger charge is -2.13. The molecule has 0 amide bonds. The summed E-state index contributed by atoms with van der Waals surface area (Å²) in [4.78, 5) is 12.6. The first-order chi connectivity index (χ1) is 11.2. The van der Waals surface area contributed by atoms with Crippen LogP contribution in [0.1, 0.15) is 42.6 Å². The van der Waals surface area contributed by atoms with Gasteiger partial charge in [-0.2, -0.15) is 0 Å².